The highest BCUT2D eigenvalue weighted by Gasteiger charge is 2.17. The van der Waals surface area contributed by atoms with Crippen LogP contribution in [0.5, 0.6) is 11.5 Å². The summed E-state index contributed by atoms with van der Waals surface area (Å²) in [6.07, 6.45) is 0. The molecule has 3 rings (SSSR count). The SMILES string of the molecule is O=S(=O)(Cc1ccccc1)NCc1cccc2c1OCCO2. The van der Waals surface area contributed by atoms with Crippen molar-refractivity contribution in [2.75, 3.05) is 13.2 Å². The third-order valence-electron chi connectivity index (χ3n) is 3.33. The number of hydrogen-bond acceptors (Lipinski definition) is 4. The van der Waals surface area contributed by atoms with Gasteiger partial charge in [-0.3, -0.25) is 0 Å². The Morgan fingerprint density at radius 2 is 1.73 bits per heavy atom. The first-order chi connectivity index (χ1) is 10.6. The van der Waals surface area contributed by atoms with Gasteiger partial charge in [0.05, 0.1) is 5.75 Å². The van der Waals surface area contributed by atoms with Crippen molar-refractivity contribution in [1.29, 1.82) is 0 Å². The summed E-state index contributed by atoms with van der Waals surface area (Å²) in [6.45, 7) is 1.17. The quantitative estimate of drug-likeness (QED) is 0.916. The van der Waals surface area contributed by atoms with E-state index in [9.17, 15) is 8.42 Å². The van der Waals surface area contributed by atoms with Gasteiger partial charge in [0, 0.05) is 12.1 Å². The van der Waals surface area contributed by atoms with Crippen molar-refractivity contribution in [3.05, 3.63) is 59.7 Å². The van der Waals surface area contributed by atoms with E-state index in [4.69, 9.17) is 9.47 Å². The topological polar surface area (TPSA) is 64.6 Å². The predicted octanol–water partition coefficient (Wildman–Crippen LogP) is 2.08. The Morgan fingerprint density at radius 3 is 2.55 bits per heavy atom. The minimum absolute atomic E-state index is 0.0414. The zero-order valence-corrected chi connectivity index (χ0v) is 12.8. The Kier molecular flexibility index (Phi) is 4.31. The second kappa shape index (κ2) is 6.37. The summed E-state index contributed by atoms with van der Waals surface area (Å²) in [4.78, 5) is 0. The highest BCUT2D eigenvalue weighted by Crippen LogP contribution is 2.33. The molecule has 0 atom stereocenters. The smallest absolute Gasteiger partial charge is 0.216 e. The van der Waals surface area contributed by atoms with E-state index in [0.717, 1.165) is 11.1 Å². The van der Waals surface area contributed by atoms with Gasteiger partial charge in [-0.25, -0.2) is 13.1 Å². The van der Waals surface area contributed by atoms with Crippen molar-refractivity contribution in [3.63, 3.8) is 0 Å². The molecule has 1 N–H and O–H groups in total. The van der Waals surface area contributed by atoms with E-state index in [-0.39, 0.29) is 12.3 Å². The summed E-state index contributed by atoms with van der Waals surface area (Å²) in [6, 6.07) is 14.6. The summed E-state index contributed by atoms with van der Waals surface area (Å²) in [7, 11) is -3.41. The molecule has 1 heterocycles. The summed E-state index contributed by atoms with van der Waals surface area (Å²) in [5.74, 6) is 1.24. The first kappa shape index (κ1) is 14.9. The predicted molar refractivity (Wildman–Crippen MR) is 83.3 cm³/mol. The number of rotatable bonds is 5. The number of fused-ring (bicyclic) bond motifs is 1. The molecule has 0 amide bonds. The second-order valence-corrected chi connectivity index (χ2v) is 6.81. The van der Waals surface area contributed by atoms with Crippen LogP contribution >= 0.6 is 0 Å². The molecule has 0 bridgehead atoms. The van der Waals surface area contributed by atoms with Gasteiger partial charge in [-0.05, 0) is 11.6 Å². The van der Waals surface area contributed by atoms with E-state index in [1.807, 2.05) is 36.4 Å². The second-order valence-electron chi connectivity index (χ2n) is 5.01. The molecule has 0 aromatic heterocycles. The Bertz CT molecular complexity index is 744. The van der Waals surface area contributed by atoms with Crippen LogP contribution in [-0.4, -0.2) is 21.6 Å². The molecule has 1 aliphatic rings. The molecular weight excluding hydrogens is 302 g/mol. The van der Waals surface area contributed by atoms with Crippen LogP contribution in [0.4, 0.5) is 0 Å². The molecule has 1 aliphatic heterocycles. The normalized spacial score (nSPS) is 13.8. The number of sulfonamides is 1. The van der Waals surface area contributed by atoms with E-state index in [2.05, 4.69) is 4.72 Å². The molecule has 22 heavy (non-hydrogen) atoms. The number of para-hydroxylation sites is 1. The van der Waals surface area contributed by atoms with Crippen molar-refractivity contribution in [3.8, 4) is 11.5 Å². The van der Waals surface area contributed by atoms with Gasteiger partial charge in [-0.1, -0.05) is 42.5 Å². The van der Waals surface area contributed by atoms with Crippen LogP contribution in [0.25, 0.3) is 0 Å². The van der Waals surface area contributed by atoms with E-state index in [1.165, 1.54) is 0 Å². The van der Waals surface area contributed by atoms with Crippen LogP contribution < -0.4 is 14.2 Å². The molecule has 0 radical (unpaired) electrons. The number of benzene rings is 2. The minimum atomic E-state index is -3.41. The molecule has 0 aliphatic carbocycles. The minimum Gasteiger partial charge on any atom is -0.486 e. The maximum atomic E-state index is 12.2. The van der Waals surface area contributed by atoms with Crippen LogP contribution in [0.2, 0.25) is 0 Å². The first-order valence-electron chi connectivity index (χ1n) is 7.03. The Morgan fingerprint density at radius 1 is 0.955 bits per heavy atom. The number of ether oxygens (including phenoxy) is 2. The average Bonchev–Trinajstić information content (AvgIpc) is 2.53. The molecule has 6 heteroatoms. The van der Waals surface area contributed by atoms with E-state index >= 15 is 0 Å². The lowest BCUT2D eigenvalue weighted by Crippen LogP contribution is -2.25. The van der Waals surface area contributed by atoms with Crippen LogP contribution in [0.15, 0.2) is 48.5 Å². The fourth-order valence-electron chi connectivity index (χ4n) is 2.31. The zero-order chi connectivity index (χ0) is 15.4. The van der Waals surface area contributed by atoms with Crippen molar-refractivity contribution in [2.45, 2.75) is 12.3 Å². The van der Waals surface area contributed by atoms with Gasteiger partial charge in [-0.2, -0.15) is 0 Å². The van der Waals surface area contributed by atoms with Crippen molar-refractivity contribution in [2.24, 2.45) is 0 Å². The molecule has 0 unspecified atom stereocenters. The van der Waals surface area contributed by atoms with Gasteiger partial charge in [-0.15, -0.1) is 0 Å². The first-order valence-corrected chi connectivity index (χ1v) is 8.68. The van der Waals surface area contributed by atoms with Gasteiger partial charge in [0.2, 0.25) is 10.0 Å². The molecule has 116 valence electrons. The molecule has 0 spiro atoms. The standard InChI is InChI=1S/C16H17NO4S/c18-22(19,12-13-5-2-1-3-6-13)17-11-14-7-4-8-15-16(14)21-10-9-20-15/h1-8,17H,9-12H2. The van der Waals surface area contributed by atoms with Gasteiger partial charge in [0.25, 0.3) is 0 Å². The van der Waals surface area contributed by atoms with Crippen molar-refractivity contribution in [1.82, 2.24) is 4.72 Å². The highest BCUT2D eigenvalue weighted by molar-refractivity contribution is 7.88. The maximum Gasteiger partial charge on any atom is 0.216 e. The van der Waals surface area contributed by atoms with E-state index in [0.29, 0.717) is 24.7 Å². The molecule has 2 aromatic carbocycles. The number of nitrogens with one attached hydrogen (secondary N) is 1. The highest BCUT2D eigenvalue weighted by atomic mass is 32.2. The Labute approximate surface area is 129 Å². The van der Waals surface area contributed by atoms with Crippen LogP contribution in [0, 0.1) is 0 Å². The van der Waals surface area contributed by atoms with Crippen molar-refractivity contribution < 1.29 is 17.9 Å². The lowest BCUT2D eigenvalue weighted by molar-refractivity contribution is 0.170. The molecule has 0 fully saturated rings. The Hall–Kier alpha value is -2.05. The average molecular weight is 319 g/mol. The fourth-order valence-corrected chi connectivity index (χ4v) is 3.41. The van der Waals surface area contributed by atoms with Gasteiger partial charge in [0.1, 0.15) is 13.2 Å². The molecule has 0 saturated heterocycles. The number of hydrogen-bond donors (Lipinski definition) is 1. The van der Waals surface area contributed by atoms with E-state index < -0.39 is 10.0 Å². The molecule has 2 aromatic rings. The monoisotopic (exact) mass is 319 g/mol. The fraction of sp³-hybridized carbons (Fsp3) is 0.250. The molecule has 5 nitrogen and oxygen atoms in total. The summed E-state index contributed by atoms with van der Waals surface area (Å²) in [5.41, 5.74) is 1.53. The lowest BCUT2D eigenvalue weighted by Gasteiger charge is -2.21. The van der Waals surface area contributed by atoms with Crippen LogP contribution in [0.1, 0.15) is 11.1 Å². The van der Waals surface area contributed by atoms with Gasteiger partial charge in [0.15, 0.2) is 11.5 Å². The van der Waals surface area contributed by atoms with Gasteiger partial charge >= 0.3 is 0 Å². The Balaban J connectivity index is 1.70. The van der Waals surface area contributed by atoms with Crippen molar-refractivity contribution >= 4 is 10.0 Å². The summed E-state index contributed by atoms with van der Waals surface area (Å²) >= 11 is 0. The van der Waals surface area contributed by atoms with E-state index in [1.54, 1.807) is 12.1 Å². The largest absolute Gasteiger partial charge is 0.486 e. The zero-order valence-electron chi connectivity index (χ0n) is 12.0. The third kappa shape index (κ3) is 3.58. The lowest BCUT2D eigenvalue weighted by atomic mass is 10.2. The van der Waals surface area contributed by atoms with Crippen LogP contribution in [-0.2, 0) is 22.3 Å². The molecule has 0 saturated carbocycles. The van der Waals surface area contributed by atoms with Crippen LogP contribution in [0.3, 0.4) is 0 Å². The maximum absolute atomic E-state index is 12.2. The third-order valence-corrected chi connectivity index (χ3v) is 4.63. The van der Waals surface area contributed by atoms with Gasteiger partial charge < -0.3 is 9.47 Å². The summed E-state index contributed by atoms with van der Waals surface area (Å²) in [5, 5.41) is 0. The molecular formula is C16H17NO4S. The summed E-state index contributed by atoms with van der Waals surface area (Å²) < 4.78 is 38.0.